The largest absolute Gasteiger partial charge is 0.490 e. The summed E-state index contributed by atoms with van der Waals surface area (Å²) in [6.45, 7) is 7.67. The van der Waals surface area contributed by atoms with Gasteiger partial charge in [-0.2, -0.15) is 0 Å². The van der Waals surface area contributed by atoms with E-state index in [1.54, 1.807) is 11.8 Å². The van der Waals surface area contributed by atoms with Gasteiger partial charge in [0, 0.05) is 12.3 Å². The van der Waals surface area contributed by atoms with Crippen LogP contribution in [0.1, 0.15) is 31.9 Å². The molecule has 0 heterocycles. The Bertz CT molecular complexity index is 706. The number of nitrogens with one attached hydrogen (secondary N) is 1. The van der Waals surface area contributed by atoms with Gasteiger partial charge in [0.25, 0.3) is 0 Å². The lowest BCUT2D eigenvalue weighted by Gasteiger charge is -2.14. The van der Waals surface area contributed by atoms with E-state index < -0.39 is 0 Å². The maximum atomic E-state index is 12.3. The van der Waals surface area contributed by atoms with Crippen molar-refractivity contribution in [1.29, 1.82) is 0 Å². The minimum absolute atomic E-state index is 0.0758. The minimum atomic E-state index is -0.0791. The fourth-order valence-electron chi connectivity index (χ4n) is 2.60. The molecule has 0 aliphatic heterocycles. The highest BCUT2D eigenvalue weighted by molar-refractivity contribution is 7.99. The van der Waals surface area contributed by atoms with E-state index in [9.17, 15) is 4.79 Å². The number of carbonyl (C=O) groups is 1. The third-order valence-corrected chi connectivity index (χ3v) is 5.25. The summed E-state index contributed by atoms with van der Waals surface area (Å²) < 4.78 is 11.2. The van der Waals surface area contributed by atoms with E-state index >= 15 is 0 Å². The van der Waals surface area contributed by atoms with Gasteiger partial charge in [-0.15, -0.1) is 11.8 Å². The van der Waals surface area contributed by atoms with Crippen molar-refractivity contribution < 1.29 is 14.3 Å². The Kier molecular flexibility index (Phi) is 9.05. The Morgan fingerprint density at radius 1 is 1.00 bits per heavy atom. The third-order valence-electron chi connectivity index (χ3n) is 4.03. The van der Waals surface area contributed by atoms with Crippen LogP contribution in [0.5, 0.6) is 11.5 Å². The second-order valence-electron chi connectivity index (χ2n) is 6.13. The molecule has 2 rings (SSSR count). The van der Waals surface area contributed by atoms with Crippen LogP contribution in [-0.4, -0.2) is 30.9 Å². The van der Waals surface area contributed by atoms with Crippen molar-refractivity contribution in [2.75, 3.05) is 19.8 Å². The van der Waals surface area contributed by atoms with Crippen LogP contribution >= 0.6 is 11.8 Å². The van der Waals surface area contributed by atoms with Crippen LogP contribution in [0.15, 0.2) is 48.5 Å². The van der Waals surface area contributed by atoms with Crippen LogP contribution in [0.2, 0.25) is 0 Å². The van der Waals surface area contributed by atoms with E-state index in [1.807, 2.05) is 57.2 Å². The Labute approximate surface area is 166 Å². The summed E-state index contributed by atoms with van der Waals surface area (Å²) in [4.78, 5) is 12.3. The molecule has 0 spiro atoms. The summed E-state index contributed by atoms with van der Waals surface area (Å²) in [5, 5.41) is 2.95. The minimum Gasteiger partial charge on any atom is -0.490 e. The van der Waals surface area contributed by atoms with E-state index in [4.69, 9.17) is 9.47 Å². The number of benzene rings is 2. The first-order valence-electron chi connectivity index (χ1n) is 9.45. The molecule has 4 nitrogen and oxygen atoms in total. The Balaban J connectivity index is 1.79. The zero-order chi connectivity index (χ0) is 19.5. The lowest BCUT2D eigenvalue weighted by atomic mass is 10.1. The molecule has 1 amide bonds. The molecule has 5 heteroatoms. The number of carbonyl (C=O) groups excluding carboxylic acids is 1. The molecule has 0 bridgehead atoms. The first-order valence-corrected chi connectivity index (χ1v) is 10.5. The normalized spacial score (nSPS) is 11.7. The summed E-state index contributed by atoms with van der Waals surface area (Å²) in [6, 6.07) is 16.2. The van der Waals surface area contributed by atoms with Crippen molar-refractivity contribution in [3.05, 3.63) is 59.7 Å². The summed E-state index contributed by atoms with van der Waals surface area (Å²) >= 11 is 1.65. The lowest BCUT2D eigenvalue weighted by Crippen LogP contribution is -2.32. The van der Waals surface area contributed by atoms with E-state index in [0.717, 1.165) is 29.2 Å². The van der Waals surface area contributed by atoms with Crippen molar-refractivity contribution >= 4 is 17.7 Å². The van der Waals surface area contributed by atoms with Crippen LogP contribution in [-0.2, 0) is 17.0 Å². The van der Waals surface area contributed by atoms with Crippen molar-refractivity contribution in [2.24, 2.45) is 0 Å². The summed E-state index contributed by atoms with van der Waals surface area (Å²) in [6.07, 6.45) is 0.758. The number of rotatable bonds is 11. The molecule has 0 radical (unpaired) electrons. The molecule has 1 atom stereocenters. The Morgan fingerprint density at radius 3 is 2.41 bits per heavy atom. The zero-order valence-electron chi connectivity index (χ0n) is 16.4. The number of hydrogen-bond acceptors (Lipinski definition) is 4. The summed E-state index contributed by atoms with van der Waals surface area (Å²) in [5.74, 6) is 2.44. The number of thioether (sulfide) groups is 1. The number of hydrogen-bond donors (Lipinski definition) is 1. The Morgan fingerprint density at radius 2 is 1.70 bits per heavy atom. The first-order chi connectivity index (χ1) is 13.1. The van der Waals surface area contributed by atoms with Crippen LogP contribution in [0.25, 0.3) is 0 Å². The van der Waals surface area contributed by atoms with Crippen molar-refractivity contribution in [2.45, 2.75) is 38.2 Å². The monoisotopic (exact) mass is 387 g/mol. The molecule has 146 valence electrons. The fourth-order valence-corrected chi connectivity index (χ4v) is 3.47. The fraction of sp³-hybridized carbons (Fsp3) is 0.409. The molecule has 0 saturated carbocycles. The van der Waals surface area contributed by atoms with Crippen LogP contribution < -0.4 is 14.8 Å². The van der Waals surface area contributed by atoms with Crippen molar-refractivity contribution in [3.8, 4) is 11.5 Å². The molecule has 2 aromatic rings. The lowest BCUT2D eigenvalue weighted by molar-refractivity contribution is -0.120. The molecule has 1 unspecified atom stereocenters. The highest BCUT2D eigenvalue weighted by Crippen LogP contribution is 2.28. The van der Waals surface area contributed by atoms with E-state index in [1.165, 1.54) is 5.56 Å². The maximum Gasteiger partial charge on any atom is 0.232 e. The van der Waals surface area contributed by atoms with Crippen molar-refractivity contribution in [1.82, 2.24) is 5.32 Å². The van der Waals surface area contributed by atoms with Gasteiger partial charge in [-0.1, -0.05) is 36.4 Å². The smallest absolute Gasteiger partial charge is 0.232 e. The number of amides is 1. The molecule has 0 aromatic heterocycles. The number of ether oxygens (including phenoxy) is 2. The van der Waals surface area contributed by atoms with E-state index in [-0.39, 0.29) is 11.2 Å². The van der Waals surface area contributed by atoms with Gasteiger partial charge in [0.2, 0.25) is 5.91 Å². The van der Waals surface area contributed by atoms with Gasteiger partial charge in [0.15, 0.2) is 11.5 Å². The molecule has 27 heavy (non-hydrogen) atoms. The van der Waals surface area contributed by atoms with Crippen molar-refractivity contribution in [3.63, 3.8) is 0 Å². The van der Waals surface area contributed by atoms with E-state index in [0.29, 0.717) is 19.8 Å². The second kappa shape index (κ2) is 11.5. The molecule has 0 saturated heterocycles. The molecule has 0 aliphatic rings. The van der Waals surface area contributed by atoms with Gasteiger partial charge in [-0.05, 0) is 50.5 Å². The molecular weight excluding hydrogens is 358 g/mol. The summed E-state index contributed by atoms with van der Waals surface area (Å²) in [5.41, 5.74) is 2.35. The standard InChI is InChI=1S/C22H29NO3S/c1-4-25-20-12-11-18(15-21(20)26-5-2)13-14-23-22(24)17(3)27-16-19-9-7-6-8-10-19/h6-12,15,17H,4-5,13-14,16H2,1-3H3,(H,23,24). The zero-order valence-corrected chi connectivity index (χ0v) is 17.2. The highest BCUT2D eigenvalue weighted by atomic mass is 32.2. The quantitative estimate of drug-likeness (QED) is 0.618. The van der Waals surface area contributed by atoms with Gasteiger partial charge in [-0.3, -0.25) is 4.79 Å². The second-order valence-corrected chi connectivity index (χ2v) is 7.46. The van der Waals surface area contributed by atoms with Crippen LogP contribution in [0.4, 0.5) is 0 Å². The van der Waals surface area contributed by atoms with Gasteiger partial charge in [-0.25, -0.2) is 0 Å². The maximum absolute atomic E-state index is 12.3. The topological polar surface area (TPSA) is 47.6 Å². The molecule has 0 aliphatic carbocycles. The molecule has 2 aromatic carbocycles. The predicted molar refractivity (Wildman–Crippen MR) is 113 cm³/mol. The molecular formula is C22H29NO3S. The molecule has 0 fully saturated rings. The van der Waals surface area contributed by atoms with Crippen LogP contribution in [0, 0.1) is 0 Å². The van der Waals surface area contributed by atoms with Gasteiger partial charge >= 0.3 is 0 Å². The van der Waals surface area contributed by atoms with Gasteiger partial charge in [0.1, 0.15) is 0 Å². The Hall–Kier alpha value is -2.14. The predicted octanol–water partition coefficient (Wildman–Crippen LogP) is 4.46. The average molecular weight is 388 g/mol. The third kappa shape index (κ3) is 7.18. The van der Waals surface area contributed by atoms with Gasteiger partial charge in [0.05, 0.1) is 18.5 Å². The molecule has 1 N–H and O–H groups in total. The average Bonchev–Trinajstić information content (AvgIpc) is 2.69. The van der Waals surface area contributed by atoms with Gasteiger partial charge < -0.3 is 14.8 Å². The summed E-state index contributed by atoms with van der Waals surface area (Å²) in [7, 11) is 0. The first kappa shape index (κ1) is 21.2. The van der Waals surface area contributed by atoms with E-state index in [2.05, 4.69) is 17.4 Å². The van der Waals surface area contributed by atoms with Crippen LogP contribution in [0.3, 0.4) is 0 Å². The highest BCUT2D eigenvalue weighted by Gasteiger charge is 2.13. The SMILES string of the molecule is CCOc1ccc(CCNC(=O)C(C)SCc2ccccc2)cc1OCC.